The monoisotopic (exact) mass is 288 g/mol. The van der Waals surface area contributed by atoms with Crippen molar-refractivity contribution in [1.82, 2.24) is 4.98 Å². The largest absolute Gasteiger partial charge is 0.375 e. The molecule has 102 valence electrons. The zero-order chi connectivity index (χ0) is 14.0. The van der Waals surface area contributed by atoms with E-state index in [1.54, 1.807) is 48.8 Å². The van der Waals surface area contributed by atoms with Crippen LogP contribution in [0, 0.1) is 0 Å². The quantitative estimate of drug-likeness (QED) is 0.866. The zero-order valence-electron chi connectivity index (χ0n) is 10.5. The maximum absolute atomic E-state index is 12.4. The van der Waals surface area contributed by atoms with Crippen LogP contribution in [0.2, 0.25) is 0 Å². The molecule has 20 heavy (non-hydrogen) atoms. The molecule has 0 fully saturated rings. The Kier molecular flexibility index (Phi) is 3.23. The molecule has 0 aliphatic carbocycles. The van der Waals surface area contributed by atoms with Gasteiger partial charge in [-0.25, -0.2) is 8.42 Å². The first kappa shape index (κ1) is 12.8. The second kappa shape index (κ2) is 5.05. The fourth-order valence-corrected chi connectivity index (χ4v) is 3.36. The number of rotatable bonds is 3. The highest BCUT2D eigenvalue weighted by atomic mass is 32.2. The Morgan fingerprint density at radius 1 is 1.10 bits per heavy atom. The first-order valence-corrected chi connectivity index (χ1v) is 7.64. The average molecular weight is 288 g/mol. The van der Waals surface area contributed by atoms with Crippen molar-refractivity contribution < 1.29 is 13.3 Å². The third kappa shape index (κ3) is 2.30. The van der Waals surface area contributed by atoms with Gasteiger partial charge in [0, 0.05) is 24.4 Å². The van der Waals surface area contributed by atoms with Crippen molar-refractivity contribution in [2.45, 2.75) is 16.8 Å². The zero-order valence-corrected chi connectivity index (χ0v) is 11.3. The summed E-state index contributed by atoms with van der Waals surface area (Å²) >= 11 is 0. The highest BCUT2D eigenvalue weighted by molar-refractivity contribution is 7.92. The fourth-order valence-electron chi connectivity index (χ4n) is 1.99. The van der Waals surface area contributed by atoms with Gasteiger partial charge in [0.2, 0.25) is 15.3 Å². The second-order valence-electron chi connectivity index (χ2n) is 4.38. The van der Waals surface area contributed by atoms with Crippen molar-refractivity contribution in [1.29, 1.82) is 0 Å². The molecule has 0 N–H and O–H groups in total. The molecule has 2 aromatic rings. The molecular weight excluding hydrogens is 276 g/mol. The van der Waals surface area contributed by atoms with Crippen LogP contribution in [0.15, 0.2) is 64.9 Å². The molecule has 0 spiro atoms. The lowest BCUT2D eigenvalue weighted by Gasteiger charge is -2.09. The van der Waals surface area contributed by atoms with E-state index in [0.29, 0.717) is 5.71 Å². The smallest absolute Gasteiger partial charge is 0.237 e. The van der Waals surface area contributed by atoms with E-state index < -0.39 is 15.3 Å². The summed E-state index contributed by atoms with van der Waals surface area (Å²) in [5.41, 5.74) is 0.404. The van der Waals surface area contributed by atoms with E-state index in [9.17, 15) is 8.42 Å². The standard InChI is InChI=1S/C14H12N2O3S/c17-20(18,12-6-2-1-3-7-12)14-9-13(16-19-14)11-5-4-8-15-10-11/h1-8,10,14H,9H2/t14-/m1/s1. The molecule has 3 rings (SSSR count). The molecule has 1 aliphatic rings. The van der Waals surface area contributed by atoms with Gasteiger partial charge in [-0.2, -0.15) is 0 Å². The van der Waals surface area contributed by atoms with Gasteiger partial charge in [-0.15, -0.1) is 0 Å². The Hall–Kier alpha value is -2.21. The number of aromatic nitrogens is 1. The van der Waals surface area contributed by atoms with Crippen LogP contribution in [0.3, 0.4) is 0 Å². The number of benzene rings is 1. The SMILES string of the molecule is O=S(=O)(c1ccccc1)[C@@H]1CC(c2cccnc2)=NO1. The van der Waals surface area contributed by atoms with E-state index in [1.165, 1.54) is 0 Å². The van der Waals surface area contributed by atoms with Crippen LogP contribution >= 0.6 is 0 Å². The van der Waals surface area contributed by atoms with Gasteiger partial charge in [-0.1, -0.05) is 23.4 Å². The molecule has 0 saturated heterocycles. The van der Waals surface area contributed by atoms with Crippen molar-refractivity contribution in [3.63, 3.8) is 0 Å². The minimum absolute atomic E-state index is 0.225. The Morgan fingerprint density at radius 3 is 2.60 bits per heavy atom. The van der Waals surface area contributed by atoms with Gasteiger partial charge in [-0.05, 0) is 24.3 Å². The molecular formula is C14H12N2O3S. The predicted molar refractivity (Wildman–Crippen MR) is 73.9 cm³/mol. The Labute approximate surface area is 116 Å². The predicted octanol–water partition coefficient (Wildman–Crippen LogP) is 2.01. The summed E-state index contributed by atoms with van der Waals surface area (Å²) in [5, 5.41) is 3.88. The molecule has 1 aromatic heterocycles. The molecule has 0 unspecified atom stereocenters. The van der Waals surface area contributed by atoms with Gasteiger partial charge in [0.15, 0.2) is 0 Å². The molecule has 1 aliphatic heterocycles. The number of nitrogens with zero attached hydrogens (tertiary/aromatic N) is 2. The summed E-state index contributed by atoms with van der Waals surface area (Å²) in [6, 6.07) is 11.9. The number of pyridine rings is 1. The lowest BCUT2D eigenvalue weighted by Crippen LogP contribution is -2.21. The minimum atomic E-state index is -3.54. The summed E-state index contributed by atoms with van der Waals surface area (Å²) in [7, 11) is -3.54. The number of hydrogen-bond acceptors (Lipinski definition) is 5. The van der Waals surface area contributed by atoms with Crippen molar-refractivity contribution in [3.8, 4) is 0 Å². The summed E-state index contributed by atoms with van der Waals surface area (Å²) in [5.74, 6) is 0. The first-order chi connectivity index (χ1) is 9.68. The molecule has 2 heterocycles. The van der Waals surface area contributed by atoms with E-state index in [1.807, 2.05) is 6.07 Å². The normalized spacial score (nSPS) is 18.4. The number of sulfone groups is 1. The van der Waals surface area contributed by atoms with Gasteiger partial charge < -0.3 is 4.84 Å². The maximum atomic E-state index is 12.4. The van der Waals surface area contributed by atoms with Crippen LogP contribution < -0.4 is 0 Å². The van der Waals surface area contributed by atoms with Crippen LogP contribution in [0.5, 0.6) is 0 Å². The first-order valence-electron chi connectivity index (χ1n) is 6.10. The third-order valence-electron chi connectivity index (χ3n) is 3.05. The summed E-state index contributed by atoms with van der Waals surface area (Å²) < 4.78 is 24.8. The summed E-state index contributed by atoms with van der Waals surface area (Å²) in [6.07, 6.45) is 3.51. The summed E-state index contributed by atoms with van der Waals surface area (Å²) in [4.78, 5) is 9.34. The summed E-state index contributed by atoms with van der Waals surface area (Å²) in [6.45, 7) is 0. The second-order valence-corrected chi connectivity index (χ2v) is 6.46. The molecule has 0 bridgehead atoms. The Bertz CT molecular complexity index is 728. The molecule has 6 heteroatoms. The van der Waals surface area contributed by atoms with Crippen molar-refractivity contribution in [3.05, 3.63) is 60.4 Å². The van der Waals surface area contributed by atoms with E-state index >= 15 is 0 Å². The number of hydrogen-bond donors (Lipinski definition) is 0. The van der Waals surface area contributed by atoms with Gasteiger partial charge in [0.1, 0.15) is 0 Å². The lowest BCUT2D eigenvalue weighted by atomic mass is 10.1. The van der Waals surface area contributed by atoms with E-state index in [2.05, 4.69) is 10.1 Å². The average Bonchev–Trinajstić information content (AvgIpc) is 3.00. The van der Waals surface area contributed by atoms with Crippen molar-refractivity contribution in [2.24, 2.45) is 5.16 Å². The maximum Gasteiger partial charge on any atom is 0.237 e. The van der Waals surface area contributed by atoms with E-state index in [-0.39, 0.29) is 11.3 Å². The fraction of sp³-hybridized carbons (Fsp3) is 0.143. The van der Waals surface area contributed by atoms with Crippen LogP contribution in [0.1, 0.15) is 12.0 Å². The van der Waals surface area contributed by atoms with Gasteiger partial charge >= 0.3 is 0 Å². The van der Waals surface area contributed by atoms with Crippen LogP contribution in [-0.2, 0) is 14.7 Å². The van der Waals surface area contributed by atoms with Crippen LogP contribution in [-0.4, -0.2) is 24.5 Å². The van der Waals surface area contributed by atoms with Gasteiger partial charge in [-0.3, -0.25) is 4.98 Å². The van der Waals surface area contributed by atoms with Gasteiger partial charge in [0.25, 0.3) is 0 Å². The molecule has 0 amide bonds. The third-order valence-corrected chi connectivity index (χ3v) is 4.93. The lowest BCUT2D eigenvalue weighted by molar-refractivity contribution is 0.140. The highest BCUT2D eigenvalue weighted by Crippen LogP contribution is 2.25. The molecule has 1 aromatic carbocycles. The van der Waals surface area contributed by atoms with Crippen LogP contribution in [0.4, 0.5) is 0 Å². The van der Waals surface area contributed by atoms with Gasteiger partial charge in [0.05, 0.1) is 10.6 Å². The Morgan fingerprint density at radius 2 is 1.90 bits per heavy atom. The molecule has 1 atom stereocenters. The van der Waals surface area contributed by atoms with Crippen molar-refractivity contribution >= 4 is 15.5 Å². The molecule has 0 saturated carbocycles. The van der Waals surface area contributed by atoms with Crippen LogP contribution in [0.25, 0.3) is 0 Å². The van der Waals surface area contributed by atoms with Crippen molar-refractivity contribution in [2.75, 3.05) is 0 Å². The highest BCUT2D eigenvalue weighted by Gasteiger charge is 2.35. The molecule has 0 radical (unpaired) electrons. The molecule has 5 nitrogen and oxygen atoms in total. The topological polar surface area (TPSA) is 68.6 Å². The number of oxime groups is 1. The Balaban J connectivity index is 1.83. The minimum Gasteiger partial charge on any atom is -0.375 e. The van der Waals surface area contributed by atoms with E-state index in [4.69, 9.17) is 4.84 Å². The van der Waals surface area contributed by atoms with E-state index in [0.717, 1.165) is 5.56 Å².